The number of methoxy groups -OCH3 is 2. The molecule has 2 heterocycles. The summed E-state index contributed by atoms with van der Waals surface area (Å²) in [6.07, 6.45) is 2.28. The fourth-order valence-electron chi connectivity index (χ4n) is 4.13. The Kier molecular flexibility index (Phi) is 6.21. The Labute approximate surface area is 181 Å². The number of rotatable bonds is 7. The fraction of sp³-hybridized carbons (Fsp3) is 0.375. The van der Waals surface area contributed by atoms with E-state index in [2.05, 4.69) is 4.98 Å². The summed E-state index contributed by atoms with van der Waals surface area (Å²) in [7, 11) is 3.08. The maximum atomic E-state index is 12.8. The summed E-state index contributed by atoms with van der Waals surface area (Å²) in [6.45, 7) is 1.35. The van der Waals surface area contributed by atoms with Crippen LogP contribution in [0.3, 0.4) is 0 Å². The van der Waals surface area contributed by atoms with Crippen molar-refractivity contribution in [2.24, 2.45) is 0 Å². The van der Waals surface area contributed by atoms with Crippen LogP contribution in [0, 0.1) is 0 Å². The number of likely N-dealkylation sites (tertiary alicyclic amines) is 1. The number of carbonyl (C=O) groups is 2. The number of Topliss-reactive ketones (excluding diaryl/α,β-unsaturated/α-hetero) is 1. The Bertz CT molecular complexity index is 1060. The summed E-state index contributed by atoms with van der Waals surface area (Å²) in [5, 5.41) is 0. The van der Waals surface area contributed by atoms with Crippen LogP contribution in [0.25, 0.3) is 11.0 Å². The van der Waals surface area contributed by atoms with E-state index in [-0.39, 0.29) is 30.4 Å². The van der Waals surface area contributed by atoms with Gasteiger partial charge in [-0.2, -0.15) is 0 Å². The van der Waals surface area contributed by atoms with Gasteiger partial charge in [0.1, 0.15) is 5.82 Å². The molecule has 0 aliphatic carbocycles. The predicted molar refractivity (Wildman–Crippen MR) is 118 cm³/mol. The second-order valence-corrected chi connectivity index (χ2v) is 7.81. The summed E-state index contributed by atoms with van der Waals surface area (Å²) >= 11 is 0. The van der Waals surface area contributed by atoms with Gasteiger partial charge in [-0.25, -0.2) is 4.98 Å². The van der Waals surface area contributed by atoms with Gasteiger partial charge in [0.15, 0.2) is 17.3 Å². The van der Waals surface area contributed by atoms with E-state index in [1.807, 2.05) is 29.2 Å². The SMILES string of the molecule is COc1ccc(C(=O)CCC(=O)N2CCC[C@@H](c3nc4ccccc4[nH]3)C2)cc1OC. The molecule has 0 radical (unpaired) electrons. The Balaban J connectivity index is 1.36. The highest BCUT2D eigenvalue weighted by atomic mass is 16.5. The minimum Gasteiger partial charge on any atom is -0.493 e. The molecule has 0 saturated carbocycles. The lowest BCUT2D eigenvalue weighted by atomic mass is 9.96. The van der Waals surface area contributed by atoms with Gasteiger partial charge < -0.3 is 19.4 Å². The van der Waals surface area contributed by atoms with Crippen LogP contribution in [0.5, 0.6) is 11.5 Å². The van der Waals surface area contributed by atoms with Crippen LogP contribution in [0.1, 0.15) is 47.8 Å². The van der Waals surface area contributed by atoms with Crippen LogP contribution >= 0.6 is 0 Å². The summed E-state index contributed by atoms with van der Waals surface area (Å²) in [6, 6.07) is 13.0. The van der Waals surface area contributed by atoms with Gasteiger partial charge in [-0.05, 0) is 43.2 Å². The second-order valence-electron chi connectivity index (χ2n) is 7.81. The molecular weight excluding hydrogens is 394 g/mol. The normalized spacial score (nSPS) is 16.3. The van der Waals surface area contributed by atoms with Crippen molar-refractivity contribution in [3.05, 3.63) is 53.9 Å². The predicted octanol–water partition coefficient (Wildman–Crippen LogP) is 3.95. The molecule has 0 bridgehead atoms. The molecule has 1 N–H and O–H groups in total. The highest BCUT2D eigenvalue weighted by molar-refractivity contribution is 5.98. The van der Waals surface area contributed by atoms with Gasteiger partial charge >= 0.3 is 0 Å². The van der Waals surface area contributed by atoms with Gasteiger partial charge in [0.05, 0.1) is 25.3 Å². The van der Waals surface area contributed by atoms with Crippen LogP contribution in [0.2, 0.25) is 0 Å². The number of ketones is 1. The number of aromatic amines is 1. The minimum absolute atomic E-state index is 0.00892. The monoisotopic (exact) mass is 421 g/mol. The highest BCUT2D eigenvalue weighted by Crippen LogP contribution is 2.29. The van der Waals surface area contributed by atoms with E-state index in [9.17, 15) is 9.59 Å². The number of hydrogen-bond donors (Lipinski definition) is 1. The van der Waals surface area contributed by atoms with E-state index < -0.39 is 0 Å². The smallest absolute Gasteiger partial charge is 0.223 e. The maximum absolute atomic E-state index is 12.8. The van der Waals surface area contributed by atoms with Crippen molar-refractivity contribution in [1.82, 2.24) is 14.9 Å². The van der Waals surface area contributed by atoms with Crippen molar-refractivity contribution in [1.29, 1.82) is 0 Å². The fourth-order valence-corrected chi connectivity index (χ4v) is 4.13. The number of piperidine rings is 1. The lowest BCUT2D eigenvalue weighted by Gasteiger charge is -2.32. The molecule has 4 rings (SSSR count). The number of imidazole rings is 1. The molecule has 7 heteroatoms. The third-order valence-corrected chi connectivity index (χ3v) is 5.84. The Morgan fingerprint density at radius 2 is 1.90 bits per heavy atom. The summed E-state index contributed by atoms with van der Waals surface area (Å²) in [4.78, 5) is 35.4. The molecule has 2 aromatic carbocycles. The van der Waals surface area contributed by atoms with E-state index in [1.54, 1.807) is 25.3 Å². The summed E-state index contributed by atoms with van der Waals surface area (Å²) in [5.74, 6) is 2.12. The van der Waals surface area contributed by atoms with Crippen molar-refractivity contribution in [3.8, 4) is 11.5 Å². The van der Waals surface area contributed by atoms with Crippen LogP contribution in [-0.2, 0) is 4.79 Å². The first kappa shape index (κ1) is 20.9. The van der Waals surface area contributed by atoms with E-state index in [0.29, 0.717) is 23.6 Å². The van der Waals surface area contributed by atoms with Gasteiger partial charge in [0.25, 0.3) is 0 Å². The number of nitrogens with one attached hydrogen (secondary N) is 1. The lowest BCUT2D eigenvalue weighted by Crippen LogP contribution is -2.39. The van der Waals surface area contributed by atoms with E-state index in [1.165, 1.54) is 7.11 Å². The van der Waals surface area contributed by atoms with Crippen molar-refractivity contribution >= 4 is 22.7 Å². The van der Waals surface area contributed by atoms with Crippen molar-refractivity contribution in [2.75, 3.05) is 27.3 Å². The van der Waals surface area contributed by atoms with Crippen LogP contribution < -0.4 is 9.47 Å². The first-order valence-electron chi connectivity index (χ1n) is 10.6. The zero-order chi connectivity index (χ0) is 21.8. The maximum Gasteiger partial charge on any atom is 0.223 e. The van der Waals surface area contributed by atoms with Gasteiger partial charge in [0, 0.05) is 37.4 Å². The Morgan fingerprint density at radius 1 is 1.10 bits per heavy atom. The zero-order valence-corrected chi connectivity index (χ0v) is 17.9. The number of amides is 1. The van der Waals surface area contributed by atoms with Gasteiger partial charge in [-0.1, -0.05) is 12.1 Å². The molecule has 1 atom stereocenters. The highest BCUT2D eigenvalue weighted by Gasteiger charge is 2.27. The summed E-state index contributed by atoms with van der Waals surface area (Å²) in [5.41, 5.74) is 2.48. The molecule has 1 aromatic heterocycles. The average Bonchev–Trinajstić information content (AvgIpc) is 3.26. The van der Waals surface area contributed by atoms with E-state index in [0.717, 1.165) is 36.2 Å². The molecule has 7 nitrogen and oxygen atoms in total. The minimum atomic E-state index is -0.0832. The molecule has 1 saturated heterocycles. The summed E-state index contributed by atoms with van der Waals surface area (Å²) < 4.78 is 10.5. The quantitative estimate of drug-likeness (QED) is 0.584. The van der Waals surface area contributed by atoms with Crippen molar-refractivity contribution in [3.63, 3.8) is 0 Å². The molecule has 0 spiro atoms. The zero-order valence-electron chi connectivity index (χ0n) is 17.9. The number of ether oxygens (including phenoxy) is 2. The number of benzene rings is 2. The van der Waals surface area contributed by atoms with Crippen LogP contribution in [0.15, 0.2) is 42.5 Å². The van der Waals surface area contributed by atoms with E-state index >= 15 is 0 Å². The second kappa shape index (κ2) is 9.20. The third kappa shape index (κ3) is 4.55. The van der Waals surface area contributed by atoms with Gasteiger partial charge in [-0.15, -0.1) is 0 Å². The van der Waals surface area contributed by atoms with E-state index in [4.69, 9.17) is 14.5 Å². The molecule has 3 aromatic rings. The largest absolute Gasteiger partial charge is 0.493 e. The molecule has 31 heavy (non-hydrogen) atoms. The molecule has 1 amide bonds. The molecule has 162 valence electrons. The number of aromatic nitrogens is 2. The number of hydrogen-bond acceptors (Lipinski definition) is 5. The third-order valence-electron chi connectivity index (χ3n) is 5.84. The molecule has 0 unspecified atom stereocenters. The molecule has 1 aliphatic rings. The van der Waals surface area contributed by atoms with Crippen LogP contribution in [0.4, 0.5) is 0 Å². The Hall–Kier alpha value is -3.35. The average molecular weight is 421 g/mol. The number of H-pyrrole nitrogens is 1. The molecule has 1 aliphatic heterocycles. The van der Waals surface area contributed by atoms with Crippen molar-refractivity contribution in [2.45, 2.75) is 31.6 Å². The standard InChI is InChI=1S/C24H27N3O4/c1-30-21-11-9-16(14-22(21)31-2)20(28)10-12-23(29)27-13-5-6-17(15-27)24-25-18-7-3-4-8-19(18)26-24/h3-4,7-9,11,14,17H,5-6,10,12-13,15H2,1-2H3,(H,25,26)/t17-/m1/s1. The first-order valence-corrected chi connectivity index (χ1v) is 10.6. The number of fused-ring (bicyclic) bond motifs is 1. The molecular formula is C24H27N3O4. The number of carbonyl (C=O) groups excluding carboxylic acids is 2. The lowest BCUT2D eigenvalue weighted by molar-refractivity contribution is -0.132. The van der Waals surface area contributed by atoms with Gasteiger partial charge in [-0.3, -0.25) is 9.59 Å². The van der Waals surface area contributed by atoms with Crippen molar-refractivity contribution < 1.29 is 19.1 Å². The van der Waals surface area contributed by atoms with Crippen LogP contribution in [-0.4, -0.2) is 53.9 Å². The Morgan fingerprint density at radius 3 is 2.68 bits per heavy atom. The number of nitrogens with zero attached hydrogens (tertiary/aromatic N) is 2. The van der Waals surface area contributed by atoms with Gasteiger partial charge in [0.2, 0.25) is 5.91 Å². The first-order chi connectivity index (χ1) is 15.1. The molecule has 1 fully saturated rings. The number of para-hydroxylation sites is 2. The topological polar surface area (TPSA) is 84.5 Å².